The molecule has 246 valence electrons. The predicted molar refractivity (Wildman–Crippen MR) is 201 cm³/mol. The zero-order chi connectivity index (χ0) is 32.3. The molecule has 0 spiro atoms. The minimum Gasteiger partial charge on any atom is -0.642 e. The Labute approximate surface area is 334 Å². The molecule has 9 heteroatoms. The summed E-state index contributed by atoms with van der Waals surface area (Å²) in [5.74, 6) is 0.384. The van der Waals surface area contributed by atoms with E-state index in [9.17, 15) is 4.79 Å². The van der Waals surface area contributed by atoms with E-state index < -0.39 is 0 Å². The van der Waals surface area contributed by atoms with E-state index in [4.69, 9.17) is 28.5 Å². The van der Waals surface area contributed by atoms with Crippen LogP contribution in [0.25, 0.3) is 5.32 Å². The van der Waals surface area contributed by atoms with Gasteiger partial charge in [0, 0.05) is 23.0 Å². The Morgan fingerprint density at radius 2 is 1.91 bits per heavy atom. The van der Waals surface area contributed by atoms with E-state index in [-0.39, 0.29) is 63.5 Å². The molecule has 0 aromatic heterocycles. The number of anilines is 1. The first-order valence-electron chi connectivity index (χ1n) is 16.4. The Kier molecular flexibility index (Phi) is 24.5. The Hall–Kier alpha value is 0.406. The van der Waals surface area contributed by atoms with Crippen LogP contribution >= 0.6 is 44.2 Å². The van der Waals surface area contributed by atoms with E-state index in [1.807, 2.05) is 25.1 Å². The smallest absolute Gasteiger partial charge is 0.642 e. The molecule has 0 saturated heterocycles. The molecule has 3 rings (SSSR count). The average molecular weight is 719 g/mol. The van der Waals surface area contributed by atoms with Crippen molar-refractivity contribution in [3.8, 4) is 0 Å². The van der Waals surface area contributed by atoms with E-state index >= 15 is 0 Å². The molecule has 0 heterocycles. The maximum Gasteiger partial charge on any atom is 1.00 e. The largest absolute Gasteiger partial charge is 1.00 e. The second kappa shape index (κ2) is 25.4. The first-order valence-corrected chi connectivity index (χ1v) is 18.8. The Bertz CT molecular complexity index is 1150. The third-order valence-electron chi connectivity index (χ3n) is 7.64. The first kappa shape index (κ1) is 43.4. The molecule has 2 atom stereocenters. The SMILES string of the molecule is C/C=C(\SC1=C(C)CCC=C1)C(=O)NC(CC(C)C)[N-]CCCN(CCCC)c1ccc(Cl)cc1Cl.PCCC=C1CCC1.[K+]. The van der Waals surface area contributed by atoms with Gasteiger partial charge in [-0.3, -0.25) is 4.79 Å². The van der Waals surface area contributed by atoms with Crippen molar-refractivity contribution in [1.82, 2.24) is 5.32 Å². The number of carbonyl (C=O) groups excluding carboxylic acids is 1. The zero-order valence-electron chi connectivity index (χ0n) is 28.6. The fraction of sp³-hybridized carbons (Fsp3) is 0.583. The van der Waals surface area contributed by atoms with Gasteiger partial charge in [0.25, 0.3) is 5.91 Å². The van der Waals surface area contributed by atoms with Gasteiger partial charge in [-0.15, -0.1) is 15.8 Å². The molecule has 1 aromatic carbocycles. The number of amides is 1. The number of hydrogen-bond acceptors (Lipinski definition) is 3. The molecule has 1 aromatic rings. The molecule has 2 unspecified atom stereocenters. The van der Waals surface area contributed by atoms with Crippen LogP contribution in [0.3, 0.4) is 0 Å². The molecule has 0 radical (unpaired) electrons. The van der Waals surface area contributed by atoms with Gasteiger partial charge < -0.3 is 15.5 Å². The van der Waals surface area contributed by atoms with Crippen LogP contribution in [0.4, 0.5) is 5.69 Å². The van der Waals surface area contributed by atoms with E-state index in [0.29, 0.717) is 22.5 Å². The van der Waals surface area contributed by atoms with Crippen molar-refractivity contribution in [2.24, 2.45) is 5.92 Å². The summed E-state index contributed by atoms with van der Waals surface area (Å²) in [6.45, 7) is 13.1. The minimum absolute atomic E-state index is 0. The molecular formula is C36H55Cl2KN3OPS. The molecule has 45 heavy (non-hydrogen) atoms. The number of nitrogens with one attached hydrogen (secondary N) is 1. The van der Waals surface area contributed by atoms with Crippen molar-refractivity contribution in [3.05, 3.63) is 78.8 Å². The van der Waals surface area contributed by atoms with E-state index in [2.05, 4.69) is 65.4 Å². The average Bonchev–Trinajstić information content (AvgIpc) is 2.96. The van der Waals surface area contributed by atoms with E-state index in [1.54, 1.807) is 23.4 Å². The number of nitrogens with zero attached hydrogens (tertiary/aromatic N) is 2. The van der Waals surface area contributed by atoms with Crippen LogP contribution in [0, 0.1) is 5.92 Å². The number of allylic oxidation sites excluding steroid dienone is 6. The summed E-state index contributed by atoms with van der Waals surface area (Å²) >= 11 is 14.1. The van der Waals surface area contributed by atoms with Gasteiger partial charge in [0.2, 0.25) is 0 Å². The van der Waals surface area contributed by atoms with Gasteiger partial charge in [-0.25, -0.2) is 0 Å². The number of rotatable bonds is 17. The standard InChI is InChI=1S/C29H42Cl2N3OS.C7H13P.K/c1-6-8-17-34(25-15-14-23(30)20-24(25)31)18-11-16-32-28(19-21(3)4)33-29(35)26(7-2)36-27-13-10-9-12-22(27)5;8-6-2-5-7-3-1-4-7;/h7,10,13-15,20-21,28H,6,8-9,11-12,16-19H2,1-5H3,(H,33,35);5H,1-4,6,8H2;/q-1;;+1/b26-7-;;. The summed E-state index contributed by atoms with van der Waals surface area (Å²) in [6.07, 6.45) is 21.1. The monoisotopic (exact) mass is 717 g/mol. The fourth-order valence-corrected chi connectivity index (χ4v) is 6.54. The number of unbranched alkanes of at least 4 members (excludes halogenated alkanes) is 1. The van der Waals surface area contributed by atoms with Crippen molar-refractivity contribution >= 4 is 55.8 Å². The summed E-state index contributed by atoms with van der Waals surface area (Å²) in [6, 6.07) is 5.68. The Morgan fingerprint density at radius 1 is 1.18 bits per heavy atom. The van der Waals surface area contributed by atoms with Crippen molar-refractivity contribution in [2.45, 2.75) is 105 Å². The Morgan fingerprint density at radius 3 is 2.49 bits per heavy atom. The first-order chi connectivity index (χ1) is 21.2. The molecule has 4 nitrogen and oxygen atoms in total. The molecule has 0 bridgehead atoms. The van der Waals surface area contributed by atoms with Crippen LogP contribution in [0.5, 0.6) is 0 Å². The zero-order valence-corrected chi connectivity index (χ0v) is 35.2. The molecule has 2 aliphatic rings. The third kappa shape index (κ3) is 17.6. The quantitative estimate of drug-likeness (QED) is 0.0578. The van der Waals surface area contributed by atoms with Crippen molar-refractivity contribution in [1.29, 1.82) is 0 Å². The molecule has 1 saturated carbocycles. The van der Waals surface area contributed by atoms with Crippen LogP contribution in [-0.4, -0.2) is 37.9 Å². The third-order valence-corrected chi connectivity index (χ3v) is 9.85. The maximum atomic E-state index is 13.1. The second-order valence-corrected chi connectivity index (χ2v) is 14.5. The van der Waals surface area contributed by atoms with Crippen molar-refractivity contribution in [2.75, 3.05) is 30.7 Å². The number of hydrogen-bond donors (Lipinski definition) is 1. The number of benzene rings is 1. The summed E-state index contributed by atoms with van der Waals surface area (Å²) < 4.78 is 0. The number of halogens is 2. The van der Waals surface area contributed by atoms with Crippen molar-refractivity contribution < 1.29 is 56.2 Å². The normalized spacial score (nSPS) is 15.1. The van der Waals surface area contributed by atoms with Crippen LogP contribution in [-0.2, 0) is 4.79 Å². The van der Waals surface area contributed by atoms with Gasteiger partial charge in [-0.1, -0.05) is 110 Å². The van der Waals surface area contributed by atoms with Gasteiger partial charge in [-0.2, -0.15) is 0 Å². The van der Waals surface area contributed by atoms with E-state index in [1.165, 1.54) is 42.3 Å². The summed E-state index contributed by atoms with van der Waals surface area (Å²) in [5, 5.41) is 9.39. The summed E-state index contributed by atoms with van der Waals surface area (Å²) in [5.41, 5.74) is 4.04. The molecule has 1 N–H and O–H groups in total. The van der Waals surface area contributed by atoms with Gasteiger partial charge >= 0.3 is 51.4 Å². The van der Waals surface area contributed by atoms with Crippen molar-refractivity contribution in [3.63, 3.8) is 0 Å². The molecule has 2 aliphatic carbocycles. The van der Waals surface area contributed by atoms with Crippen LogP contribution in [0.15, 0.2) is 63.5 Å². The van der Waals surface area contributed by atoms with Gasteiger partial charge in [-0.05, 0) is 95.5 Å². The van der Waals surface area contributed by atoms with E-state index in [0.717, 1.165) is 62.2 Å². The molecule has 1 fully saturated rings. The maximum absolute atomic E-state index is 13.1. The predicted octanol–water partition coefficient (Wildman–Crippen LogP) is 8.48. The number of thioether (sulfide) groups is 1. The van der Waals surface area contributed by atoms with Crippen LogP contribution in [0.1, 0.15) is 98.8 Å². The topological polar surface area (TPSA) is 46.4 Å². The van der Waals surface area contributed by atoms with Gasteiger partial charge in [0.05, 0.1) is 15.6 Å². The Balaban J connectivity index is 0.000000974. The minimum atomic E-state index is -0.201. The fourth-order valence-electron chi connectivity index (χ4n) is 4.90. The molecule has 0 aliphatic heterocycles. The van der Waals surface area contributed by atoms with Crippen LogP contribution < -0.4 is 61.6 Å². The number of carbonyl (C=O) groups is 1. The summed E-state index contributed by atoms with van der Waals surface area (Å²) in [7, 11) is 2.75. The van der Waals surface area contributed by atoms with Gasteiger partial charge in [0.15, 0.2) is 0 Å². The molecular weight excluding hydrogens is 663 g/mol. The van der Waals surface area contributed by atoms with Crippen LogP contribution in [0.2, 0.25) is 10.0 Å². The second-order valence-electron chi connectivity index (χ2n) is 11.9. The van der Waals surface area contributed by atoms with Gasteiger partial charge in [0.1, 0.15) is 0 Å². The summed E-state index contributed by atoms with van der Waals surface area (Å²) in [4.78, 5) is 17.3. The molecule has 1 amide bonds.